The highest BCUT2D eigenvalue weighted by atomic mass is 35.5. The predicted molar refractivity (Wildman–Crippen MR) is 80.2 cm³/mol. The van der Waals surface area contributed by atoms with E-state index in [1.807, 2.05) is 27.7 Å². The fourth-order valence-electron chi connectivity index (χ4n) is 1.86. The van der Waals surface area contributed by atoms with Crippen LogP contribution in [0, 0.1) is 0 Å². The quantitative estimate of drug-likeness (QED) is 0.869. The van der Waals surface area contributed by atoms with E-state index in [0.29, 0.717) is 12.0 Å². The number of amides is 1. The highest BCUT2D eigenvalue weighted by Gasteiger charge is 2.29. The third-order valence-electron chi connectivity index (χ3n) is 2.89. The molecule has 1 amide bonds. The van der Waals surface area contributed by atoms with Crippen LogP contribution in [0.3, 0.4) is 0 Å². The number of alkyl halides is 2. The minimum absolute atomic E-state index is 0. The first-order valence-electron chi connectivity index (χ1n) is 6.56. The Morgan fingerprint density at radius 2 is 2.00 bits per heavy atom. The van der Waals surface area contributed by atoms with Gasteiger partial charge in [-0.1, -0.05) is 6.92 Å². The fraction of sp³-hybridized carbons (Fsp3) is 0.692. The second-order valence-electron chi connectivity index (χ2n) is 5.68. The number of carbonyl (C=O) groups is 1. The van der Waals surface area contributed by atoms with E-state index in [-0.39, 0.29) is 17.9 Å². The molecule has 0 radical (unpaired) electrons. The van der Waals surface area contributed by atoms with Crippen molar-refractivity contribution in [2.45, 2.75) is 45.6 Å². The van der Waals surface area contributed by atoms with Gasteiger partial charge in [0.15, 0.2) is 0 Å². The van der Waals surface area contributed by atoms with Gasteiger partial charge >= 0.3 is 0 Å². The van der Waals surface area contributed by atoms with Crippen molar-refractivity contribution in [3.05, 3.63) is 17.5 Å². The van der Waals surface area contributed by atoms with E-state index in [9.17, 15) is 13.6 Å². The van der Waals surface area contributed by atoms with Gasteiger partial charge in [-0.15, -0.1) is 12.4 Å². The molecule has 0 unspecified atom stereocenters. The zero-order valence-corrected chi connectivity index (χ0v) is 13.6. The number of nitrogens with zero attached hydrogens (tertiary/aromatic N) is 2. The van der Waals surface area contributed by atoms with Crippen LogP contribution in [0.15, 0.2) is 6.20 Å². The van der Waals surface area contributed by atoms with Crippen LogP contribution in [0.1, 0.15) is 43.7 Å². The van der Waals surface area contributed by atoms with Crippen molar-refractivity contribution >= 4 is 18.3 Å². The highest BCUT2D eigenvalue weighted by Crippen LogP contribution is 2.20. The molecule has 1 heterocycles. The molecule has 0 bridgehead atoms. The summed E-state index contributed by atoms with van der Waals surface area (Å²) in [5.41, 5.74) is 5.71. The molecular weight excluding hydrogens is 302 g/mol. The molecule has 1 rings (SSSR count). The van der Waals surface area contributed by atoms with Gasteiger partial charge in [-0.3, -0.25) is 9.48 Å². The van der Waals surface area contributed by atoms with E-state index in [4.69, 9.17) is 5.73 Å². The lowest BCUT2D eigenvalue weighted by Gasteiger charge is -2.22. The summed E-state index contributed by atoms with van der Waals surface area (Å²) in [6.45, 7) is 6.21. The van der Waals surface area contributed by atoms with E-state index in [1.54, 1.807) is 4.68 Å². The third kappa shape index (κ3) is 4.93. The summed E-state index contributed by atoms with van der Waals surface area (Å²) >= 11 is 0. The maximum Gasteiger partial charge on any atom is 0.277 e. The lowest BCUT2D eigenvalue weighted by Crippen LogP contribution is -2.41. The topological polar surface area (TPSA) is 72.9 Å². The summed E-state index contributed by atoms with van der Waals surface area (Å²) in [6.07, 6.45) is 2.01. The minimum Gasteiger partial charge on any atom is -0.346 e. The van der Waals surface area contributed by atoms with Crippen molar-refractivity contribution in [2.24, 2.45) is 5.73 Å². The van der Waals surface area contributed by atoms with Crippen molar-refractivity contribution in [2.75, 3.05) is 13.1 Å². The zero-order chi connectivity index (χ0) is 15.6. The van der Waals surface area contributed by atoms with Crippen LogP contribution >= 0.6 is 12.4 Å². The average Bonchev–Trinajstić information content (AvgIpc) is 2.79. The highest BCUT2D eigenvalue weighted by molar-refractivity contribution is 5.95. The SMILES string of the molecule is CCc1c(C(=O)NCC(F)(F)CN)cnn1C(C)(C)C.Cl. The van der Waals surface area contributed by atoms with E-state index in [2.05, 4.69) is 10.4 Å². The van der Waals surface area contributed by atoms with Gasteiger partial charge in [-0.25, -0.2) is 8.78 Å². The van der Waals surface area contributed by atoms with Gasteiger partial charge in [0.1, 0.15) is 0 Å². The molecule has 0 aliphatic carbocycles. The van der Waals surface area contributed by atoms with Gasteiger partial charge in [0, 0.05) is 0 Å². The second kappa shape index (κ2) is 7.17. The van der Waals surface area contributed by atoms with Gasteiger partial charge in [-0.05, 0) is 27.2 Å². The fourth-order valence-corrected chi connectivity index (χ4v) is 1.86. The van der Waals surface area contributed by atoms with Crippen LogP contribution in [-0.2, 0) is 12.0 Å². The largest absolute Gasteiger partial charge is 0.346 e. The molecule has 0 fully saturated rings. The number of halogens is 3. The minimum atomic E-state index is -3.10. The molecule has 0 atom stereocenters. The molecule has 1 aromatic heterocycles. The summed E-state index contributed by atoms with van der Waals surface area (Å²) in [5.74, 6) is -3.65. The van der Waals surface area contributed by atoms with Gasteiger partial charge in [-0.2, -0.15) is 5.10 Å². The monoisotopic (exact) mass is 324 g/mol. The van der Waals surface area contributed by atoms with E-state index >= 15 is 0 Å². The summed E-state index contributed by atoms with van der Waals surface area (Å²) in [5, 5.41) is 6.39. The van der Waals surface area contributed by atoms with Crippen molar-refractivity contribution in [1.29, 1.82) is 0 Å². The Balaban J connectivity index is 0.00000400. The number of hydrogen-bond acceptors (Lipinski definition) is 3. The summed E-state index contributed by atoms with van der Waals surface area (Å²) < 4.78 is 27.8. The van der Waals surface area contributed by atoms with E-state index < -0.39 is 24.9 Å². The number of rotatable bonds is 5. The molecule has 0 aromatic carbocycles. The molecule has 0 aliphatic heterocycles. The van der Waals surface area contributed by atoms with Gasteiger partial charge in [0.25, 0.3) is 11.8 Å². The normalized spacial score (nSPS) is 12.0. The Morgan fingerprint density at radius 3 is 2.43 bits per heavy atom. The predicted octanol–water partition coefficient (Wildman–Crippen LogP) is 1.95. The molecule has 0 spiro atoms. The molecule has 5 nitrogen and oxygen atoms in total. The Bertz CT molecular complexity index is 483. The maximum atomic E-state index is 13.0. The van der Waals surface area contributed by atoms with Gasteiger partial charge in [0.2, 0.25) is 0 Å². The van der Waals surface area contributed by atoms with Crippen molar-refractivity contribution in [3.63, 3.8) is 0 Å². The van der Waals surface area contributed by atoms with Gasteiger partial charge < -0.3 is 11.1 Å². The molecule has 3 N–H and O–H groups in total. The Hall–Kier alpha value is -1.21. The molecular formula is C13H23ClF2N4O. The Labute approximate surface area is 129 Å². The Morgan fingerprint density at radius 1 is 1.43 bits per heavy atom. The van der Waals surface area contributed by atoms with E-state index in [1.165, 1.54) is 6.20 Å². The summed E-state index contributed by atoms with van der Waals surface area (Å²) in [6, 6.07) is 0. The summed E-state index contributed by atoms with van der Waals surface area (Å²) in [4.78, 5) is 12.0. The molecule has 8 heteroatoms. The van der Waals surface area contributed by atoms with Crippen LogP contribution in [0.4, 0.5) is 8.78 Å². The van der Waals surface area contributed by atoms with Crippen molar-refractivity contribution in [3.8, 4) is 0 Å². The first-order valence-corrected chi connectivity index (χ1v) is 6.56. The first-order chi connectivity index (χ1) is 9.12. The maximum absolute atomic E-state index is 13.0. The Kier molecular flexibility index (Phi) is 6.76. The van der Waals surface area contributed by atoms with Crippen LogP contribution in [0.2, 0.25) is 0 Å². The number of aromatic nitrogens is 2. The molecule has 0 saturated heterocycles. The van der Waals surface area contributed by atoms with Crippen LogP contribution in [0.25, 0.3) is 0 Å². The number of nitrogens with one attached hydrogen (secondary N) is 1. The molecule has 122 valence electrons. The van der Waals surface area contributed by atoms with Crippen LogP contribution < -0.4 is 11.1 Å². The van der Waals surface area contributed by atoms with Crippen molar-refractivity contribution < 1.29 is 13.6 Å². The third-order valence-corrected chi connectivity index (χ3v) is 2.89. The van der Waals surface area contributed by atoms with E-state index in [0.717, 1.165) is 5.69 Å². The zero-order valence-electron chi connectivity index (χ0n) is 12.7. The number of nitrogens with two attached hydrogens (primary N) is 1. The van der Waals surface area contributed by atoms with Gasteiger partial charge in [0.05, 0.1) is 36.1 Å². The van der Waals surface area contributed by atoms with Crippen LogP contribution in [0.5, 0.6) is 0 Å². The molecule has 0 saturated carbocycles. The second-order valence-corrected chi connectivity index (χ2v) is 5.68. The average molecular weight is 325 g/mol. The van der Waals surface area contributed by atoms with Crippen LogP contribution in [-0.4, -0.2) is 34.7 Å². The smallest absolute Gasteiger partial charge is 0.277 e. The lowest BCUT2D eigenvalue weighted by molar-refractivity contribution is 0.0118. The van der Waals surface area contributed by atoms with Crippen molar-refractivity contribution in [1.82, 2.24) is 15.1 Å². The standard InChI is InChI=1S/C13H22F2N4O.ClH/c1-5-10-9(6-18-19(10)12(2,3)4)11(20)17-8-13(14,15)7-16;/h6H,5,7-8,16H2,1-4H3,(H,17,20);1H. The summed E-state index contributed by atoms with van der Waals surface area (Å²) in [7, 11) is 0. The molecule has 21 heavy (non-hydrogen) atoms. The number of hydrogen-bond donors (Lipinski definition) is 2. The molecule has 1 aromatic rings. The first kappa shape index (κ1) is 19.8. The number of carbonyl (C=O) groups excluding carboxylic acids is 1. The molecule has 0 aliphatic rings. The lowest BCUT2D eigenvalue weighted by atomic mass is 10.1.